The van der Waals surface area contributed by atoms with Crippen molar-refractivity contribution in [3.05, 3.63) is 70.5 Å². The molecule has 13 heteroatoms. The molecule has 6 rings (SSSR count). The molecule has 0 unspecified atom stereocenters. The molecule has 0 spiro atoms. The third-order valence-electron chi connectivity index (χ3n) is 10.5. The molecule has 12 nitrogen and oxygen atoms in total. The number of hydrogen-bond acceptors (Lipinski definition) is 8. The van der Waals surface area contributed by atoms with Crippen LogP contribution in [0.1, 0.15) is 57.5 Å². The lowest BCUT2D eigenvalue weighted by Crippen LogP contribution is -2.55. The molecule has 5 N–H and O–H groups in total. The number of nitrogens with one attached hydrogen (secondary N) is 1. The summed E-state index contributed by atoms with van der Waals surface area (Å²) in [6.45, 7) is 7.73. The predicted octanol–water partition coefficient (Wildman–Crippen LogP) is 1.17. The van der Waals surface area contributed by atoms with Crippen LogP contribution in [0.3, 0.4) is 0 Å². The van der Waals surface area contributed by atoms with Crippen molar-refractivity contribution < 1.29 is 23.6 Å². The molecule has 4 fully saturated rings. The number of likely N-dealkylation sites (tertiary alicyclic amines) is 1. The minimum Gasteiger partial charge on any atom is -0.366 e. The first kappa shape index (κ1) is 34.7. The molecule has 0 aromatic heterocycles. The van der Waals surface area contributed by atoms with Gasteiger partial charge in [0.15, 0.2) is 0 Å². The van der Waals surface area contributed by atoms with Gasteiger partial charge in [0.1, 0.15) is 5.82 Å². The van der Waals surface area contributed by atoms with Crippen LogP contribution in [0.4, 0.5) is 4.39 Å². The summed E-state index contributed by atoms with van der Waals surface area (Å²) >= 11 is 0. The minimum atomic E-state index is -0.643. The third-order valence-corrected chi connectivity index (χ3v) is 10.5. The molecule has 1 aliphatic carbocycles. The number of rotatable bonds is 10. The highest BCUT2D eigenvalue weighted by Gasteiger charge is 2.48. The van der Waals surface area contributed by atoms with Gasteiger partial charge in [-0.25, -0.2) is 4.39 Å². The highest BCUT2D eigenvalue weighted by Crippen LogP contribution is 2.34. The molecule has 3 heterocycles. The fraction of sp³-hybridized carbons (Fsp3) is 0.528. The summed E-state index contributed by atoms with van der Waals surface area (Å²) in [6, 6.07) is 10.8. The van der Waals surface area contributed by atoms with E-state index in [4.69, 9.17) is 16.9 Å². The number of carbonyl (C=O) groups is 4. The van der Waals surface area contributed by atoms with Crippen molar-refractivity contribution in [3.63, 3.8) is 0 Å². The normalized spacial score (nSPS) is 20.2. The first-order valence-corrected chi connectivity index (χ1v) is 17.4. The van der Waals surface area contributed by atoms with Gasteiger partial charge in [-0.1, -0.05) is 24.3 Å². The van der Waals surface area contributed by atoms with E-state index in [2.05, 4.69) is 9.80 Å². The number of piperazine rings is 2. The highest BCUT2D eigenvalue weighted by molar-refractivity contribution is 6.09. The van der Waals surface area contributed by atoms with E-state index in [0.717, 1.165) is 71.5 Å². The molecule has 0 atom stereocenters. The lowest BCUT2D eigenvalue weighted by Gasteiger charge is -2.40. The summed E-state index contributed by atoms with van der Waals surface area (Å²) in [6.07, 6.45) is 3.75. The van der Waals surface area contributed by atoms with Crippen molar-refractivity contribution in [2.45, 2.75) is 37.6 Å². The number of primary amides is 1. The molecule has 2 aromatic carbocycles. The molecule has 1 saturated carbocycles. The Labute approximate surface area is 286 Å². The topological polar surface area (TPSA) is 160 Å². The van der Waals surface area contributed by atoms with Crippen molar-refractivity contribution in [2.75, 3.05) is 78.5 Å². The second-order valence-electron chi connectivity index (χ2n) is 14.0. The molecule has 0 radical (unpaired) electrons. The quantitative estimate of drug-likeness (QED) is 0.319. The Kier molecular flexibility index (Phi) is 10.4. The zero-order valence-electron chi connectivity index (χ0n) is 28.0. The molecule has 3 aliphatic heterocycles. The average molecular weight is 675 g/mol. The molecule has 4 aliphatic rings. The first-order chi connectivity index (χ1) is 23.5. The SMILES string of the molecule is N=C(Cc1ccc(F)c(C(=O)N2CCN(C(=O)CN3CCC(CN4CCN(C(=O)C5(N)CC5)CC4)CC3)CC2)c1)c1ccccc1C(N)=O. The minimum absolute atomic E-state index is 0.0441. The van der Waals surface area contributed by atoms with Crippen LogP contribution in [0.25, 0.3) is 0 Å². The smallest absolute Gasteiger partial charge is 0.256 e. The molecule has 4 amide bonds. The second-order valence-corrected chi connectivity index (χ2v) is 14.0. The van der Waals surface area contributed by atoms with E-state index in [1.165, 1.54) is 18.2 Å². The number of amides is 4. The van der Waals surface area contributed by atoms with E-state index < -0.39 is 23.2 Å². The Morgan fingerprint density at radius 1 is 0.776 bits per heavy atom. The number of carbonyl (C=O) groups excluding carboxylic acids is 4. The van der Waals surface area contributed by atoms with Crippen LogP contribution in [-0.4, -0.2) is 138 Å². The van der Waals surface area contributed by atoms with Gasteiger partial charge in [-0.05, 0) is 68.5 Å². The van der Waals surface area contributed by atoms with Crippen molar-refractivity contribution in [1.29, 1.82) is 5.41 Å². The van der Waals surface area contributed by atoms with Gasteiger partial charge in [0.2, 0.25) is 17.7 Å². The molecule has 3 saturated heterocycles. The van der Waals surface area contributed by atoms with Crippen LogP contribution in [0.2, 0.25) is 0 Å². The maximum atomic E-state index is 14.9. The van der Waals surface area contributed by atoms with Gasteiger partial charge < -0.3 is 31.6 Å². The molecule has 2 aromatic rings. The lowest BCUT2D eigenvalue weighted by molar-refractivity contribution is -0.136. The molecule has 49 heavy (non-hydrogen) atoms. The fourth-order valence-electron chi connectivity index (χ4n) is 7.22. The molecular formula is C36H47FN8O4. The second kappa shape index (κ2) is 14.7. The van der Waals surface area contributed by atoms with Crippen molar-refractivity contribution >= 4 is 29.3 Å². The van der Waals surface area contributed by atoms with Gasteiger partial charge in [0.05, 0.1) is 17.6 Å². The van der Waals surface area contributed by atoms with Gasteiger partial charge in [0, 0.05) is 82.2 Å². The number of benzene rings is 2. The third kappa shape index (κ3) is 8.17. The van der Waals surface area contributed by atoms with Gasteiger partial charge >= 0.3 is 0 Å². The van der Waals surface area contributed by atoms with Crippen molar-refractivity contribution in [2.24, 2.45) is 17.4 Å². The van der Waals surface area contributed by atoms with Crippen molar-refractivity contribution in [3.8, 4) is 0 Å². The zero-order valence-corrected chi connectivity index (χ0v) is 28.0. The Balaban J connectivity index is 0.926. The maximum absolute atomic E-state index is 14.9. The van der Waals surface area contributed by atoms with E-state index in [1.54, 1.807) is 34.1 Å². The zero-order chi connectivity index (χ0) is 34.7. The van der Waals surface area contributed by atoms with Gasteiger partial charge in [0.25, 0.3) is 5.91 Å². The number of piperidine rings is 1. The molecule has 0 bridgehead atoms. The van der Waals surface area contributed by atoms with Crippen LogP contribution >= 0.6 is 0 Å². The van der Waals surface area contributed by atoms with Crippen LogP contribution < -0.4 is 11.5 Å². The van der Waals surface area contributed by atoms with Crippen LogP contribution in [0.5, 0.6) is 0 Å². The van der Waals surface area contributed by atoms with Gasteiger partial charge in [-0.3, -0.25) is 29.0 Å². The fourth-order valence-corrected chi connectivity index (χ4v) is 7.22. The Morgan fingerprint density at radius 2 is 1.39 bits per heavy atom. The summed E-state index contributed by atoms with van der Waals surface area (Å²) in [5.74, 6) is -1.00. The van der Waals surface area contributed by atoms with E-state index in [1.807, 2.05) is 4.90 Å². The van der Waals surface area contributed by atoms with Gasteiger partial charge in [-0.2, -0.15) is 0 Å². The summed E-state index contributed by atoms with van der Waals surface area (Å²) in [5, 5.41) is 8.53. The largest absolute Gasteiger partial charge is 0.366 e. The van der Waals surface area contributed by atoms with Crippen LogP contribution in [0, 0.1) is 17.1 Å². The summed E-state index contributed by atoms with van der Waals surface area (Å²) in [5.41, 5.74) is 12.2. The Bertz CT molecular complexity index is 1590. The Morgan fingerprint density at radius 3 is 2.02 bits per heavy atom. The number of nitrogens with zero attached hydrogens (tertiary/aromatic N) is 5. The van der Waals surface area contributed by atoms with Crippen molar-refractivity contribution in [1.82, 2.24) is 24.5 Å². The summed E-state index contributed by atoms with van der Waals surface area (Å²) in [4.78, 5) is 60.8. The standard InChI is InChI=1S/C36H47FN8O4/c37-30-6-5-26(22-31(38)27-3-1-2-4-28(27)33(39)47)21-29(30)34(48)44-19-17-43(18-20-44)32(46)24-41-11-7-25(8-12-41)23-42-13-15-45(16-14-42)35(49)36(40)9-10-36/h1-6,21,25,38H,7-20,22-24,40H2,(H2,39,47). The maximum Gasteiger partial charge on any atom is 0.256 e. The number of hydrogen-bond donors (Lipinski definition) is 3. The van der Waals surface area contributed by atoms with Crippen LogP contribution in [-0.2, 0) is 16.0 Å². The lowest BCUT2D eigenvalue weighted by atomic mass is 9.96. The van der Waals surface area contributed by atoms with E-state index in [0.29, 0.717) is 49.8 Å². The Hall–Kier alpha value is -4.20. The number of nitrogens with two attached hydrogens (primary N) is 2. The van der Waals surface area contributed by atoms with Crippen LogP contribution in [0.15, 0.2) is 42.5 Å². The monoisotopic (exact) mass is 674 g/mol. The summed E-state index contributed by atoms with van der Waals surface area (Å²) < 4.78 is 14.9. The molecular weight excluding hydrogens is 627 g/mol. The average Bonchev–Trinajstić information content (AvgIpc) is 3.87. The van der Waals surface area contributed by atoms with E-state index >= 15 is 0 Å². The van der Waals surface area contributed by atoms with Gasteiger partial charge in [-0.15, -0.1) is 0 Å². The summed E-state index contributed by atoms with van der Waals surface area (Å²) in [7, 11) is 0. The predicted molar refractivity (Wildman–Crippen MR) is 183 cm³/mol. The number of halogens is 1. The van der Waals surface area contributed by atoms with E-state index in [9.17, 15) is 23.6 Å². The van der Waals surface area contributed by atoms with E-state index in [-0.39, 0.29) is 35.1 Å². The highest BCUT2D eigenvalue weighted by atomic mass is 19.1. The first-order valence-electron chi connectivity index (χ1n) is 17.4. The molecule has 262 valence electrons.